The molecule has 2 fully saturated rings. The van der Waals surface area contributed by atoms with Crippen LogP contribution in [0.5, 0.6) is 5.75 Å². The zero-order chi connectivity index (χ0) is 24.8. The number of carbonyl (C=O) groups excluding carboxylic acids is 1. The highest BCUT2D eigenvalue weighted by Crippen LogP contribution is 2.40. The summed E-state index contributed by atoms with van der Waals surface area (Å²) in [5.74, 6) is 2.22. The number of amides is 1. The summed E-state index contributed by atoms with van der Waals surface area (Å²) in [7, 11) is 0. The molecular weight excluding hydrogens is 468 g/mol. The molecule has 0 aromatic heterocycles. The molecule has 1 saturated heterocycles. The number of likely N-dealkylation sites (tertiary alicyclic amines) is 1. The van der Waals surface area contributed by atoms with Crippen LogP contribution in [0.3, 0.4) is 0 Å². The van der Waals surface area contributed by atoms with Gasteiger partial charge in [0.25, 0.3) is 0 Å². The first-order chi connectivity index (χ1) is 17.6. The predicted molar refractivity (Wildman–Crippen MR) is 147 cm³/mol. The number of fused-ring (bicyclic) bond motifs is 1. The van der Waals surface area contributed by atoms with Gasteiger partial charge in [-0.05, 0) is 86.0 Å². The van der Waals surface area contributed by atoms with Crippen LogP contribution in [-0.4, -0.2) is 55.0 Å². The Morgan fingerprint density at radius 2 is 1.75 bits per heavy atom. The monoisotopic (exact) mass is 508 g/mol. The SMILES string of the molecule is O=C(CCc1ccccc1Cl)N1CCC2(CCCCc3ccccc3OCCN(CC3CC3)C2)CC1. The second kappa shape index (κ2) is 12.0. The Morgan fingerprint density at radius 3 is 2.56 bits per heavy atom. The molecule has 2 heterocycles. The summed E-state index contributed by atoms with van der Waals surface area (Å²) in [5.41, 5.74) is 2.73. The van der Waals surface area contributed by atoms with E-state index in [-0.39, 0.29) is 5.91 Å². The maximum absolute atomic E-state index is 13.1. The number of halogens is 1. The number of nitrogens with zero attached hydrogens (tertiary/aromatic N) is 2. The fourth-order valence-electron chi connectivity index (χ4n) is 6.14. The van der Waals surface area contributed by atoms with Crippen LogP contribution in [-0.2, 0) is 17.6 Å². The first kappa shape index (κ1) is 25.6. The molecule has 4 nitrogen and oxygen atoms in total. The van der Waals surface area contributed by atoms with Gasteiger partial charge in [0.2, 0.25) is 5.91 Å². The second-order valence-electron chi connectivity index (χ2n) is 11.3. The number of hydrogen-bond acceptors (Lipinski definition) is 3. The minimum Gasteiger partial charge on any atom is -0.492 e. The molecule has 1 aliphatic carbocycles. The van der Waals surface area contributed by atoms with Crippen LogP contribution in [0.25, 0.3) is 0 Å². The lowest BCUT2D eigenvalue weighted by atomic mass is 9.73. The fourth-order valence-corrected chi connectivity index (χ4v) is 6.37. The summed E-state index contributed by atoms with van der Waals surface area (Å²) >= 11 is 6.31. The van der Waals surface area contributed by atoms with Crippen molar-refractivity contribution in [2.75, 3.05) is 39.3 Å². The highest BCUT2D eigenvalue weighted by Gasteiger charge is 2.38. The second-order valence-corrected chi connectivity index (χ2v) is 11.7. The van der Waals surface area contributed by atoms with Crippen molar-refractivity contribution in [2.45, 2.75) is 64.2 Å². The molecule has 2 aromatic rings. The third kappa shape index (κ3) is 6.83. The van der Waals surface area contributed by atoms with E-state index in [1.54, 1.807) is 0 Å². The normalized spacial score (nSPS) is 21.2. The molecule has 36 heavy (non-hydrogen) atoms. The van der Waals surface area contributed by atoms with Gasteiger partial charge < -0.3 is 9.64 Å². The van der Waals surface area contributed by atoms with Crippen molar-refractivity contribution in [2.24, 2.45) is 11.3 Å². The summed E-state index contributed by atoms with van der Waals surface area (Å²) < 4.78 is 6.28. The summed E-state index contributed by atoms with van der Waals surface area (Å²) in [4.78, 5) is 17.9. The topological polar surface area (TPSA) is 32.8 Å². The molecule has 0 bridgehead atoms. The highest BCUT2D eigenvalue weighted by atomic mass is 35.5. The Bertz CT molecular complexity index is 1010. The lowest BCUT2D eigenvalue weighted by Crippen LogP contribution is -2.49. The van der Waals surface area contributed by atoms with Gasteiger partial charge in [-0.1, -0.05) is 54.4 Å². The lowest BCUT2D eigenvalue weighted by Gasteiger charge is -2.45. The molecule has 1 saturated carbocycles. The Labute approximate surface area is 222 Å². The lowest BCUT2D eigenvalue weighted by molar-refractivity contribution is -0.133. The number of benzene rings is 2. The third-order valence-corrected chi connectivity index (χ3v) is 8.92. The fraction of sp³-hybridized carbons (Fsp3) is 0.581. The van der Waals surface area contributed by atoms with Gasteiger partial charge in [-0.2, -0.15) is 0 Å². The van der Waals surface area contributed by atoms with Crippen molar-refractivity contribution in [3.8, 4) is 5.75 Å². The minimum absolute atomic E-state index is 0.276. The molecule has 1 spiro atoms. The number of piperidine rings is 1. The number of hydrogen-bond donors (Lipinski definition) is 0. The molecule has 0 radical (unpaired) electrons. The molecule has 5 rings (SSSR count). The van der Waals surface area contributed by atoms with Gasteiger partial charge in [0.15, 0.2) is 0 Å². The molecule has 2 aromatic carbocycles. The van der Waals surface area contributed by atoms with Crippen molar-refractivity contribution >= 4 is 17.5 Å². The molecule has 3 aliphatic rings. The molecule has 5 heteroatoms. The Hall–Kier alpha value is -2.04. The first-order valence-electron chi connectivity index (χ1n) is 14.0. The molecule has 194 valence electrons. The van der Waals surface area contributed by atoms with Crippen LogP contribution in [0.15, 0.2) is 48.5 Å². The van der Waals surface area contributed by atoms with Crippen LogP contribution < -0.4 is 4.74 Å². The zero-order valence-corrected chi connectivity index (χ0v) is 22.4. The van der Waals surface area contributed by atoms with Crippen LogP contribution in [0.2, 0.25) is 5.02 Å². The molecular formula is C31H41ClN2O2. The van der Waals surface area contributed by atoms with Crippen LogP contribution in [0.1, 0.15) is 62.5 Å². The zero-order valence-electron chi connectivity index (χ0n) is 21.6. The van der Waals surface area contributed by atoms with Crippen molar-refractivity contribution in [3.05, 3.63) is 64.7 Å². The number of ether oxygens (including phenoxy) is 1. The summed E-state index contributed by atoms with van der Waals surface area (Å²) in [6, 6.07) is 16.5. The maximum atomic E-state index is 13.1. The van der Waals surface area contributed by atoms with Gasteiger partial charge in [-0.15, -0.1) is 0 Å². The smallest absolute Gasteiger partial charge is 0.222 e. The van der Waals surface area contributed by atoms with Gasteiger partial charge in [0.1, 0.15) is 12.4 Å². The molecule has 0 N–H and O–H groups in total. The van der Waals surface area contributed by atoms with Crippen LogP contribution in [0.4, 0.5) is 0 Å². The van der Waals surface area contributed by atoms with Crippen molar-refractivity contribution < 1.29 is 9.53 Å². The van der Waals surface area contributed by atoms with E-state index in [9.17, 15) is 4.79 Å². The first-order valence-corrected chi connectivity index (χ1v) is 14.4. The van der Waals surface area contributed by atoms with Crippen LogP contribution >= 0.6 is 11.6 Å². The number of aryl methyl sites for hydroxylation is 2. The van der Waals surface area contributed by atoms with Crippen molar-refractivity contribution in [1.29, 1.82) is 0 Å². The van der Waals surface area contributed by atoms with E-state index >= 15 is 0 Å². The van der Waals surface area contributed by atoms with E-state index in [4.69, 9.17) is 16.3 Å². The van der Waals surface area contributed by atoms with E-state index in [0.717, 1.165) is 80.7 Å². The molecule has 0 atom stereocenters. The standard InChI is InChI=1S/C31H41ClN2O2/c32-28-10-3-1-7-26(28)14-15-30(35)34-19-17-31(18-20-34)16-6-5-9-27-8-2-4-11-29(27)36-22-21-33(24-31)23-25-12-13-25/h1-4,7-8,10-11,25H,5-6,9,12-24H2. The Morgan fingerprint density at radius 1 is 0.972 bits per heavy atom. The molecule has 2 aliphatic heterocycles. The van der Waals surface area contributed by atoms with E-state index in [2.05, 4.69) is 34.1 Å². The summed E-state index contributed by atoms with van der Waals surface area (Å²) in [6.45, 7) is 5.87. The minimum atomic E-state index is 0.276. The predicted octanol–water partition coefficient (Wildman–Crippen LogP) is 6.40. The van der Waals surface area contributed by atoms with Gasteiger partial charge >= 0.3 is 0 Å². The summed E-state index contributed by atoms with van der Waals surface area (Å²) in [5, 5.41) is 0.762. The largest absolute Gasteiger partial charge is 0.492 e. The van der Waals surface area contributed by atoms with E-state index in [0.29, 0.717) is 11.8 Å². The van der Waals surface area contributed by atoms with Crippen molar-refractivity contribution in [1.82, 2.24) is 9.80 Å². The number of para-hydroxylation sites is 1. The maximum Gasteiger partial charge on any atom is 0.222 e. The molecule has 0 unspecified atom stereocenters. The average Bonchev–Trinajstić information content (AvgIpc) is 3.70. The van der Waals surface area contributed by atoms with Gasteiger partial charge in [0, 0.05) is 44.2 Å². The van der Waals surface area contributed by atoms with Gasteiger partial charge in [-0.3, -0.25) is 9.69 Å². The number of rotatable bonds is 5. The van der Waals surface area contributed by atoms with E-state index in [1.165, 1.54) is 44.2 Å². The summed E-state index contributed by atoms with van der Waals surface area (Å²) in [6.07, 6.45) is 11.0. The third-order valence-electron chi connectivity index (χ3n) is 8.56. The van der Waals surface area contributed by atoms with E-state index in [1.807, 2.05) is 24.3 Å². The quantitative estimate of drug-likeness (QED) is 0.468. The number of carbonyl (C=O) groups is 1. The average molecular weight is 509 g/mol. The molecule has 1 amide bonds. The Balaban J connectivity index is 1.21. The van der Waals surface area contributed by atoms with Gasteiger partial charge in [0.05, 0.1) is 0 Å². The van der Waals surface area contributed by atoms with Gasteiger partial charge in [-0.25, -0.2) is 0 Å². The Kier molecular flexibility index (Phi) is 8.54. The highest BCUT2D eigenvalue weighted by molar-refractivity contribution is 6.31. The van der Waals surface area contributed by atoms with Crippen LogP contribution in [0, 0.1) is 11.3 Å². The van der Waals surface area contributed by atoms with Crippen molar-refractivity contribution in [3.63, 3.8) is 0 Å². The van der Waals surface area contributed by atoms with E-state index < -0.39 is 0 Å².